The Morgan fingerprint density at radius 2 is 1.90 bits per heavy atom. The highest BCUT2D eigenvalue weighted by Gasteiger charge is 2.40. The molecule has 1 aliphatic heterocycles. The fourth-order valence-electron chi connectivity index (χ4n) is 2.26. The molecule has 2 unspecified atom stereocenters. The first-order chi connectivity index (χ1) is 9.52. The van der Waals surface area contributed by atoms with E-state index < -0.39 is 10.0 Å². The summed E-state index contributed by atoms with van der Waals surface area (Å²) in [5.74, 6) is 0. The summed E-state index contributed by atoms with van der Waals surface area (Å²) in [5, 5.41) is 0. The molecule has 1 aromatic rings. The van der Waals surface area contributed by atoms with E-state index in [2.05, 4.69) is 0 Å². The third kappa shape index (κ3) is 3.05. The van der Waals surface area contributed by atoms with Crippen molar-refractivity contribution in [3.63, 3.8) is 0 Å². The Labute approximate surface area is 123 Å². The Bertz CT molecular complexity index is 531. The van der Waals surface area contributed by atoms with Gasteiger partial charge in [-0.25, -0.2) is 8.42 Å². The van der Waals surface area contributed by atoms with E-state index in [1.807, 2.05) is 6.07 Å². The van der Waals surface area contributed by atoms with Crippen LogP contribution in [-0.2, 0) is 25.9 Å². The molecular weight excluding hydrogens is 300 g/mol. The molecule has 2 heterocycles. The zero-order valence-corrected chi connectivity index (χ0v) is 13.2. The van der Waals surface area contributed by atoms with Crippen LogP contribution < -0.4 is 5.73 Å². The summed E-state index contributed by atoms with van der Waals surface area (Å²) in [6.45, 7) is 1.16. The number of ether oxygens (including phenoxy) is 2. The normalized spacial score (nSPS) is 24.4. The van der Waals surface area contributed by atoms with Gasteiger partial charge in [-0.2, -0.15) is 4.31 Å². The van der Waals surface area contributed by atoms with E-state index in [4.69, 9.17) is 15.2 Å². The predicted molar refractivity (Wildman–Crippen MR) is 77.4 cm³/mol. The summed E-state index contributed by atoms with van der Waals surface area (Å²) in [5.41, 5.74) is 5.49. The lowest BCUT2D eigenvalue weighted by Gasteiger charge is -2.14. The van der Waals surface area contributed by atoms with Crippen LogP contribution in [0.1, 0.15) is 4.88 Å². The fraction of sp³-hybridized carbons (Fsp3) is 0.667. The number of methoxy groups -OCH3 is 2. The highest BCUT2D eigenvalue weighted by Crippen LogP contribution is 2.28. The van der Waals surface area contributed by atoms with Gasteiger partial charge in [-0.1, -0.05) is 0 Å². The topological polar surface area (TPSA) is 81.9 Å². The zero-order valence-electron chi connectivity index (χ0n) is 11.6. The maximum Gasteiger partial charge on any atom is 0.252 e. The molecule has 0 saturated carbocycles. The van der Waals surface area contributed by atoms with Gasteiger partial charge in [-0.05, 0) is 25.1 Å². The molecule has 20 heavy (non-hydrogen) atoms. The minimum atomic E-state index is -3.47. The minimum absolute atomic E-state index is 0.224. The van der Waals surface area contributed by atoms with Gasteiger partial charge >= 0.3 is 0 Å². The Hall–Kier alpha value is -0.510. The van der Waals surface area contributed by atoms with E-state index >= 15 is 0 Å². The maximum absolute atomic E-state index is 12.6. The molecule has 2 atom stereocenters. The summed E-state index contributed by atoms with van der Waals surface area (Å²) in [7, 11) is -0.338. The molecule has 114 valence electrons. The van der Waals surface area contributed by atoms with Gasteiger partial charge in [0.2, 0.25) is 0 Å². The van der Waals surface area contributed by atoms with Crippen molar-refractivity contribution in [1.82, 2.24) is 4.31 Å². The van der Waals surface area contributed by atoms with Crippen LogP contribution in [0.25, 0.3) is 0 Å². The molecular formula is C12H20N2O4S2. The van der Waals surface area contributed by atoms with E-state index in [0.717, 1.165) is 4.88 Å². The second-order valence-corrected chi connectivity index (χ2v) is 7.96. The summed E-state index contributed by atoms with van der Waals surface area (Å²) in [6, 6.07) is 3.47. The molecule has 0 amide bonds. The van der Waals surface area contributed by atoms with Gasteiger partial charge in [-0.15, -0.1) is 11.3 Å². The zero-order chi connectivity index (χ0) is 14.8. The van der Waals surface area contributed by atoms with Gasteiger partial charge in [0.25, 0.3) is 10.0 Å². The first-order valence-corrected chi connectivity index (χ1v) is 8.63. The van der Waals surface area contributed by atoms with Crippen molar-refractivity contribution in [3.8, 4) is 0 Å². The molecule has 0 spiro atoms. The number of hydrogen-bond donors (Lipinski definition) is 1. The Morgan fingerprint density at radius 3 is 2.40 bits per heavy atom. The molecule has 1 fully saturated rings. The van der Waals surface area contributed by atoms with Gasteiger partial charge in [0, 0.05) is 32.2 Å². The predicted octanol–water partition coefficient (Wildman–Crippen LogP) is 0.284. The lowest BCUT2D eigenvalue weighted by Crippen LogP contribution is -2.29. The number of hydrogen-bond acceptors (Lipinski definition) is 6. The van der Waals surface area contributed by atoms with Crippen molar-refractivity contribution in [2.45, 2.75) is 22.8 Å². The van der Waals surface area contributed by atoms with Gasteiger partial charge in [0.1, 0.15) is 4.21 Å². The van der Waals surface area contributed by atoms with Crippen LogP contribution in [0.3, 0.4) is 0 Å². The number of rotatable bonds is 6. The molecule has 6 nitrogen and oxygen atoms in total. The second-order valence-electron chi connectivity index (χ2n) is 4.63. The van der Waals surface area contributed by atoms with Crippen molar-refractivity contribution < 1.29 is 17.9 Å². The fourth-order valence-corrected chi connectivity index (χ4v) is 5.25. The van der Waals surface area contributed by atoms with E-state index in [9.17, 15) is 8.42 Å². The smallest absolute Gasteiger partial charge is 0.252 e. The van der Waals surface area contributed by atoms with E-state index in [1.54, 1.807) is 20.3 Å². The van der Waals surface area contributed by atoms with Gasteiger partial charge in [-0.3, -0.25) is 0 Å². The number of thiophene rings is 1. The Kier molecular flexibility index (Phi) is 5.16. The van der Waals surface area contributed by atoms with Gasteiger partial charge < -0.3 is 15.2 Å². The second kappa shape index (κ2) is 6.50. The number of sulfonamides is 1. The molecule has 2 N–H and O–H groups in total. The Morgan fingerprint density at radius 1 is 1.30 bits per heavy atom. The van der Waals surface area contributed by atoms with Gasteiger partial charge in [0.15, 0.2) is 0 Å². The molecule has 1 saturated heterocycles. The molecule has 0 aliphatic carbocycles. The average molecular weight is 320 g/mol. The van der Waals surface area contributed by atoms with E-state index in [-0.39, 0.29) is 12.2 Å². The van der Waals surface area contributed by atoms with Crippen molar-refractivity contribution in [3.05, 3.63) is 17.0 Å². The molecule has 0 bridgehead atoms. The van der Waals surface area contributed by atoms with Crippen molar-refractivity contribution in [2.24, 2.45) is 5.73 Å². The monoisotopic (exact) mass is 320 g/mol. The molecule has 0 aromatic carbocycles. The lowest BCUT2D eigenvalue weighted by atomic mass is 10.3. The van der Waals surface area contributed by atoms with E-state index in [1.165, 1.54) is 15.6 Å². The van der Waals surface area contributed by atoms with Crippen LogP contribution in [0.5, 0.6) is 0 Å². The first-order valence-electron chi connectivity index (χ1n) is 6.37. The molecule has 8 heteroatoms. The number of nitrogens with two attached hydrogens (primary N) is 1. The molecule has 1 aliphatic rings. The van der Waals surface area contributed by atoms with Crippen LogP contribution in [0, 0.1) is 0 Å². The van der Waals surface area contributed by atoms with Crippen LogP contribution in [-0.4, -0.2) is 58.8 Å². The van der Waals surface area contributed by atoms with Crippen molar-refractivity contribution >= 4 is 21.4 Å². The van der Waals surface area contributed by atoms with Crippen LogP contribution in [0.4, 0.5) is 0 Å². The molecule has 1 aromatic heterocycles. The summed E-state index contributed by atoms with van der Waals surface area (Å²) in [6.07, 6.45) is 0.248. The van der Waals surface area contributed by atoms with Crippen molar-refractivity contribution in [2.75, 3.05) is 33.9 Å². The van der Waals surface area contributed by atoms with Crippen LogP contribution >= 0.6 is 11.3 Å². The van der Waals surface area contributed by atoms with Gasteiger partial charge in [0.05, 0.1) is 12.2 Å². The average Bonchev–Trinajstić information content (AvgIpc) is 3.05. The summed E-state index contributed by atoms with van der Waals surface area (Å²) in [4.78, 5) is 0.983. The maximum atomic E-state index is 12.6. The molecule has 2 rings (SSSR count). The summed E-state index contributed by atoms with van der Waals surface area (Å²) < 4.78 is 37.5. The SMILES string of the molecule is COC1CN(S(=O)(=O)c2ccc(CCN)s2)CC1OC. The minimum Gasteiger partial charge on any atom is -0.377 e. The summed E-state index contributed by atoms with van der Waals surface area (Å²) >= 11 is 1.28. The Balaban J connectivity index is 2.18. The number of nitrogens with zero attached hydrogens (tertiary/aromatic N) is 1. The first kappa shape index (κ1) is 15.9. The van der Waals surface area contributed by atoms with Crippen LogP contribution in [0.15, 0.2) is 16.3 Å². The lowest BCUT2D eigenvalue weighted by molar-refractivity contribution is -0.00461. The highest BCUT2D eigenvalue weighted by atomic mass is 32.2. The third-order valence-electron chi connectivity index (χ3n) is 3.41. The quantitative estimate of drug-likeness (QED) is 0.814. The highest BCUT2D eigenvalue weighted by molar-refractivity contribution is 7.91. The largest absolute Gasteiger partial charge is 0.377 e. The third-order valence-corrected chi connectivity index (χ3v) is 6.85. The van der Waals surface area contributed by atoms with Crippen LogP contribution in [0.2, 0.25) is 0 Å². The standard InChI is InChI=1S/C12H20N2O4S2/c1-17-10-7-14(8-11(10)18-2)20(15,16)12-4-3-9(19-12)5-6-13/h3-4,10-11H,5-8,13H2,1-2H3. The molecule has 0 radical (unpaired) electrons. The van der Waals surface area contributed by atoms with Crippen molar-refractivity contribution in [1.29, 1.82) is 0 Å². The van der Waals surface area contributed by atoms with E-state index in [0.29, 0.717) is 30.3 Å².